The molecule has 1 unspecified atom stereocenters. The molecule has 4 rings (SSSR count). The summed E-state index contributed by atoms with van der Waals surface area (Å²) >= 11 is 0. The van der Waals surface area contributed by atoms with E-state index in [2.05, 4.69) is 5.16 Å². The van der Waals surface area contributed by atoms with E-state index in [4.69, 9.17) is 9.26 Å². The lowest BCUT2D eigenvalue weighted by atomic mass is 10.1. The molecule has 0 radical (unpaired) electrons. The summed E-state index contributed by atoms with van der Waals surface area (Å²) in [5.74, 6) is -0.951. The Morgan fingerprint density at radius 3 is 2.68 bits per heavy atom. The van der Waals surface area contributed by atoms with Crippen LogP contribution in [-0.4, -0.2) is 23.6 Å². The van der Waals surface area contributed by atoms with Gasteiger partial charge in [0.15, 0.2) is 5.76 Å². The normalized spacial score (nSPS) is 16.4. The molecule has 2 aromatic carbocycles. The predicted molar refractivity (Wildman–Crippen MR) is 98.6 cm³/mol. The van der Waals surface area contributed by atoms with Crippen LogP contribution in [0.25, 0.3) is 11.3 Å². The monoisotopic (exact) mass is 380 g/mol. The van der Waals surface area contributed by atoms with Gasteiger partial charge in [0.1, 0.15) is 18.1 Å². The van der Waals surface area contributed by atoms with Gasteiger partial charge in [-0.15, -0.1) is 0 Å². The topological polar surface area (TPSA) is 72.6 Å². The molecule has 1 aliphatic rings. The van der Waals surface area contributed by atoms with Crippen LogP contribution >= 0.6 is 0 Å². The Labute approximate surface area is 160 Å². The molecule has 1 fully saturated rings. The Bertz CT molecular complexity index is 985. The lowest BCUT2D eigenvalue weighted by Crippen LogP contribution is -2.26. The number of carbonyl (C=O) groups excluding carboxylic acids is 2. The van der Waals surface area contributed by atoms with Gasteiger partial charge in [0, 0.05) is 30.3 Å². The predicted octanol–water partition coefficient (Wildman–Crippen LogP) is 3.58. The number of nitrogens with zero attached hydrogens (tertiary/aromatic N) is 2. The molecule has 28 heavy (non-hydrogen) atoms. The zero-order valence-electron chi connectivity index (χ0n) is 14.9. The van der Waals surface area contributed by atoms with Crippen molar-refractivity contribution in [3.05, 3.63) is 72.2 Å². The second-order valence-corrected chi connectivity index (χ2v) is 6.54. The number of esters is 1. The Kier molecular flexibility index (Phi) is 4.89. The smallest absolute Gasteiger partial charge is 0.311 e. The van der Waals surface area contributed by atoms with E-state index in [1.807, 2.05) is 30.3 Å². The number of anilines is 1. The quantitative estimate of drug-likeness (QED) is 0.633. The molecule has 0 spiro atoms. The van der Waals surface area contributed by atoms with Crippen LogP contribution in [0.3, 0.4) is 0 Å². The molecule has 1 aromatic heterocycles. The summed E-state index contributed by atoms with van der Waals surface area (Å²) in [6.45, 7) is 0.237. The summed E-state index contributed by atoms with van der Waals surface area (Å²) in [5.41, 5.74) is 1.88. The van der Waals surface area contributed by atoms with Crippen molar-refractivity contribution in [1.29, 1.82) is 0 Å². The second-order valence-electron chi connectivity index (χ2n) is 6.54. The van der Waals surface area contributed by atoms with E-state index in [-0.39, 0.29) is 24.8 Å². The first-order valence-corrected chi connectivity index (χ1v) is 8.84. The molecular weight excluding hydrogens is 363 g/mol. The van der Waals surface area contributed by atoms with Crippen LogP contribution in [0.4, 0.5) is 10.1 Å². The second kappa shape index (κ2) is 7.64. The maximum absolute atomic E-state index is 13.0. The van der Waals surface area contributed by atoms with E-state index in [1.54, 1.807) is 23.1 Å². The summed E-state index contributed by atoms with van der Waals surface area (Å²) in [5, 5.41) is 3.87. The van der Waals surface area contributed by atoms with Gasteiger partial charge in [0.05, 0.1) is 5.92 Å². The molecule has 0 N–H and O–H groups in total. The van der Waals surface area contributed by atoms with Crippen LogP contribution < -0.4 is 4.90 Å². The van der Waals surface area contributed by atoms with E-state index in [0.29, 0.717) is 23.6 Å². The van der Waals surface area contributed by atoms with Gasteiger partial charge in [-0.3, -0.25) is 9.59 Å². The molecule has 0 aliphatic carbocycles. The number of aromatic nitrogens is 1. The van der Waals surface area contributed by atoms with Gasteiger partial charge in [0.25, 0.3) is 0 Å². The van der Waals surface area contributed by atoms with Crippen molar-refractivity contribution in [3.63, 3.8) is 0 Å². The highest BCUT2D eigenvalue weighted by Crippen LogP contribution is 2.26. The number of hydrogen-bond donors (Lipinski definition) is 0. The van der Waals surface area contributed by atoms with Gasteiger partial charge in [0.2, 0.25) is 5.91 Å². The molecule has 1 amide bonds. The molecule has 0 saturated carbocycles. The summed E-state index contributed by atoms with van der Waals surface area (Å²) in [7, 11) is 0. The first-order valence-electron chi connectivity index (χ1n) is 8.84. The zero-order chi connectivity index (χ0) is 19.5. The third kappa shape index (κ3) is 3.78. The number of carbonyl (C=O) groups is 2. The van der Waals surface area contributed by atoms with Gasteiger partial charge in [-0.25, -0.2) is 4.39 Å². The number of rotatable bonds is 5. The fraction of sp³-hybridized carbons (Fsp3) is 0.190. The van der Waals surface area contributed by atoms with Gasteiger partial charge < -0.3 is 14.2 Å². The van der Waals surface area contributed by atoms with E-state index < -0.39 is 11.9 Å². The van der Waals surface area contributed by atoms with Crippen LogP contribution in [0.1, 0.15) is 12.1 Å². The van der Waals surface area contributed by atoms with Crippen LogP contribution in [0.2, 0.25) is 0 Å². The Hall–Kier alpha value is -3.48. The van der Waals surface area contributed by atoms with Crippen molar-refractivity contribution in [1.82, 2.24) is 5.16 Å². The largest absolute Gasteiger partial charge is 0.459 e. The molecule has 6 nitrogen and oxygen atoms in total. The molecular formula is C21H17FN2O4. The number of halogens is 1. The van der Waals surface area contributed by atoms with E-state index in [1.165, 1.54) is 12.1 Å². The van der Waals surface area contributed by atoms with Crippen molar-refractivity contribution >= 4 is 17.6 Å². The van der Waals surface area contributed by atoms with Crippen LogP contribution in [0, 0.1) is 11.7 Å². The van der Waals surface area contributed by atoms with Gasteiger partial charge in [-0.2, -0.15) is 0 Å². The highest BCUT2D eigenvalue weighted by Gasteiger charge is 2.36. The minimum atomic E-state index is -0.517. The standard InChI is InChI=1S/C21H17FN2O4/c22-16-8-6-14(7-9-16)19-11-17(23-28-19)13-27-21(26)15-10-20(25)24(12-15)18-4-2-1-3-5-18/h1-9,11,15H,10,12-13H2. The van der Waals surface area contributed by atoms with Crippen molar-refractivity contribution in [2.75, 3.05) is 11.4 Å². The third-order valence-electron chi connectivity index (χ3n) is 4.58. The molecule has 7 heteroatoms. The van der Waals surface area contributed by atoms with Crippen molar-refractivity contribution in [3.8, 4) is 11.3 Å². The fourth-order valence-corrected chi connectivity index (χ4v) is 3.12. The summed E-state index contributed by atoms with van der Waals surface area (Å²) < 4.78 is 23.5. The van der Waals surface area contributed by atoms with Gasteiger partial charge >= 0.3 is 5.97 Å². The number of amides is 1. The molecule has 1 saturated heterocycles. The number of hydrogen-bond acceptors (Lipinski definition) is 5. The highest BCUT2D eigenvalue weighted by atomic mass is 19.1. The highest BCUT2D eigenvalue weighted by molar-refractivity contribution is 5.99. The maximum Gasteiger partial charge on any atom is 0.311 e. The first kappa shape index (κ1) is 17.9. The van der Waals surface area contributed by atoms with Crippen molar-refractivity contribution in [2.24, 2.45) is 5.92 Å². The average molecular weight is 380 g/mol. The van der Waals surface area contributed by atoms with E-state index in [0.717, 1.165) is 5.69 Å². The average Bonchev–Trinajstić information content (AvgIpc) is 3.34. The van der Waals surface area contributed by atoms with E-state index in [9.17, 15) is 14.0 Å². The SMILES string of the molecule is O=C(OCc1cc(-c2ccc(F)cc2)on1)C1CC(=O)N(c2ccccc2)C1. The maximum atomic E-state index is 13.0. The summed E-state index contributed by atoms with van der Waals surface area (Å²) in [6, 6.07) is 16.7. The Morgan fingerprint density at radius 2 is 1.93 bits per heavy atom. The Balaban J connectivity index is 1.35. The minimum Gasteiger partial charge on any atom is -0.459 e. The Morgan fingerprint density at radius 1 is 1.18 bits per heavy atom. The molecule has 3 aromatic rings. The zero-order valence-corrected chi connectivity index (χ0v) is 14.9. The number of benzene rings is 2. The fourth-order valence-electron chi connectivity index (χ4n) is 3.12. The third-order valence-corrected chi connectivity index (χ3v) is 4.58. The summed E-state index contributed by atoms with van der Waals surface area (Å²) in [4.78, 5) is 26.2. The molecule has 0 bridgehead atoms. The van der Waals surface area contributed by atoms with Crippen molar-refractivity contribution < 1.29 is 23.2 Å². The molecule has 1 aliphatic heterocycles. The van der Waals surface area contributed by atoms with Crippen LogP contribution in [0.5, 0.6) is 0 Å². The number of para-hydroxylation sites is 1. The van der Waals surface area contributed by atoms with Crippen LogP contribution in [0.15, 0.2) is 65.2 Å². The lowest BCUT2D eigenvalue weighted by Gasteiger charge is -2.16. The van der Waals surface area contributed by atoms with Gasteiger partial charge in [-0.1, -0.05) is 23.4 Å². The summed E-state index contributed by atoms with van der Waals surface area (Å²) in [6.07, 6.45) is 0.118. The van der Waals surface area contributed by atoms with Crippen molar-refractivity contribution in [2.45, 2.75) is 13.0 Å². The lowest BCUT2D eigenvalue weighted by molar-refractivity contribution is -0.149. The molecule has 2 heterocycles. The number of ether oxygens (including phenoxy) is 1. The van der Waals surface area contributed by atoms with E-state index >= 15 is 0 Å². The van der Waals surface area contributed by atoms with Gasteiger partial charge in [-0.05, 0) is 36.4 Å². The molecule has 142 valence electrons. The first-order chi connectivity index (χ1) is 13.6. The minimum absolute atomic E-state index is 0.0560. The molecule has 1 atom stereocenters. The van der Waals surface area contributed by atoms with Crippen LogP contribution in [-0.2, 0) is 20.9 Å².